The van der Waals surface area contributed by atoms with Crippen LogP contribution in [0.4, 0.5) is 8.78 Å². The summed E-state index contributed by atoms with van der Waals surface area (Å²) in [6, 6.07) is 10.6. The van der Waals surface area contributed by atoms with Gasteiger partial charge in [0.15, 0.2) is 11.6 Å². The van der Waals surface area contributed by atoms with Crippen molar-refractivity contribution in [3.63, 3.8) is 0 Å². The van der Waals surface area contributed by atoms with E-state index >= 15 is 0 Å². The zero-order chi connectivity index (χ0) is 16.1. The average Bonchev–Trinajstić information content (AvgIpc) is 2.50. The minimum absolute atomic E-state index is 0.0405. The average molecular weight is 305 g/mol. The zero-order valence-corrected chi connectivity index (χ0v) is 11.4. The normalized spacial score (nSPS) is 11.7. The van der Waals surface area contributed by atoms with E-state index in [0.29, 0.717) is 5.56 Å². The summed E-state index contributed by atoms with van der Waals surface area (Å²) >= 11 is 0. The quantitative estimate of drug-likeness (QED) is 0.891. The fraction of sp³-hybridized carbons (Fsp3) is 0.125. The summed E-state index contributed by atoms with van der Waals surface area (Å²) in [5.74, 6) is -4.69. The van der Waals surface area contributed by atoms with Gasteiger partial charge in [-0.1, -0.05) is 36.4 Å². The van der Waals surface area contributed by atoms with Gasteiger partial charge in [0.2, 0.25) is 0 Å². The van der Waals surface area contributed by atoms with Crippen molar-refractivity contribution < 1.29 is 23.5 Å². The molecule has 0 heterocycles. The molecule has 0 aliphatic rings. The van der Waals surface area contributed by atoms with E-state index in [0.717, 1.165) is 12.1 Å². The van der Waals surface area contributed by atoms with Gasteiger partial charge in [0.25, 0.3) is 5.91 Å². The second kappa shape index (κ2) is 6.80. The molecule has 2 rings (SSSR count). The number of carboxylic acid groups (broad SMARTS) is 1. The van der Waals surface area contributed by atoms with Crippen LogP contribution in [0.25, 0.3) is 0 Å². The maximum Gasteiger partial charge on any atom is 0.326 e. The Bertz CT molecular complexity index is 689. The first-order valence-electron chi connectivity index (χ1n) is 6.50. The predicted octanol–water partition coefficient (Wildman–Crippen LogP) is 2.39. The first-order chi connectivity index (χ1) is 10.5. The van der Waals surface area contributed by atoms with Gasteiger partial charge in [0.1, 0.15) is 6.04 Å². The summed E-state index contributed by atoms with van der Waals surface area (Å²) in [7, 11) is 0. The summed E-state index contributed by atoms with van der Waals surface area (Å²) in [6.45, 7) is 0. The van der Waals surface area contributed by atoms with E-state index in [1.54, 1.807) is 30.3 Å². The highest BCUT2D eigenvalue weighted by atomic mass is 19.2. The third-order valence-corrected chi connectivity index (χ3v) is 3.08. The number of halogens is 2. The Labute approximate surface area is 125 Å². The van der Waals surface area contributed by atoms with Crippen molar-refractivity contribution in [2.75, 3.05) is 0 Å². The van der Waals surface area contributed by atoms with E-state index in [2.05, 4.69) is 5.32 Å². The fourth-order valence-corrected chi connectivity index (χ4v) is 1.97. The molecule has 22 heavy (non-hydrogen) atoms. The Hall–Kier alpha value is -2.76. The second-order valence-corrected chi connectivity index (χ2v) is 4.66. The van der Waals surface area contributed by atoms with Crippen molar-refractivity contribution in [3.05, 3.63) is 71.3 Å². The summed E-state index contributed by atoms with van der Waals surface area (Å²) in [4.78, 5) is 23.2. The molecule has 0 saturated heterocycles. The number of carboxylic acids is 1. The van der Waals surface area contributed by atoms with Crippen LogP contribution in [0.1, 0.15) is 15.9 Å². The maximum absolute atomic E-state index is 13.5. The molecule has 2 N–H and O–H groups in total. The Morgan fingerprint density at radius 1 is 1.05 bits per heavy atom. The van der Waals surface area contributed by atoms with Crippen LogP contribution < -0.4 is 5.32 Å². The number of nitrogens with one attached hydrogen (secondary N) is 1. The van der Waals surface area contributed by atoms with Gasteiger partial charge in [-0.15, -0.1) is 0 Å². The van der Waals surface area contributed by atoms with Crippen molar-refractivity contribution in [2.45, 2.75) is 12.5 Å². The van der Waals surface area contributed by atoms with Crippen molar-refractivity contribution >= 4 is 11.9 Å². The van der Waals surface area contributed by atoms with E-state index in [1.165, 1.54) is 6.07 Å². The summed E-state index contributed by atoms with van der Waals surface area (Å²) < 4.78 is 26.7. The molecular formula is C16H13F2NO3. The number of hydrogen-bond donors (Lipinski definition) is 2. The van der Waals surface area contributed by atoms with Crippen molar-refractivity contribution in [1.82, 2.24) is 5.32 Å². The number of rotatable bonds is 5. The monoisotopic (exact) mass is 305 g/mol. The molecule has 0 fully saturated rings. The molecule has 2 aromatic rings. The molecule has 2 aromatic carbocycles. The third kappa shape index (κ3) is 3.66. The largest absolute Gasteiger partial charge is 0.480 e. The number of amides is 1. The van der Waals surface area contributed by atoms with Crippen LogP contribution in [0, 0.1) is 11.6 Å². The summed E-state index contributed by atoms with van der Waals surface area (Å²) in [5.41, 5.74) is 0.175. The Morgan fingerprint density at radius 3 is 2.36 bits per heavy atom. The highest BCUT2D eigenvalue weighted by Gasteiger charge is 2.23. The van der Waals surface area contributed by atoms with Crippen LogP contribution >= 0.6 is 0 Å². The van der Waals surface area contributed by atoms with Crippen LogP contribution in [0.5, 0.6) is 0 Å². The minimum atomic E-state index is -1.30. The van der Waals surface area contributed by atoms with Crippen LogP contribution in [0.2, 0.25) is 0 Å². The highest BCUT2D eigenvalue weighted by molar-refractivity contribution is 5.96. The molecule has 0 aromatic heterocycles. The number of aliphatic carboxylic acids is 1. The SMILES string of the molecule is O=C(N[C@H](Cc1ccccc1)C(=O)O)c1cccc(F)c1F. The smallest absolute Gasteiger partial charge is 0.326 e. The standard InChI is InChI=1S/C16H13F2NO3/c17-12-8-4-7-11(14(12)18)15(20)19-13(16(21)22)9-10-5-2-1-3-6-10/h1-8,13H,9H2,(H,19,20)(H,21,22)/t13-/m1/s1. The van der Waals surface area contributed by atoms with Gasteiger partial charge in [-0.25, -0.2) is 13.6 Å². The van der Waals surface area contributed by atoms with Gasteiger partial charge in [-0.3, -0.25) is 4.79 Å². The van der Waals surface area contributed by atoms with E-state index in [9.17, 15) is 23.5 Å². The Morgan fingerprint density at radius 2 is 1.73 bits per heavy atom. The van der Waals surface area contributed by atoms with Gasteiger partial charge < -0.3 is 10.4 Å². The molecule has 0 spiro atoms. The van der Waals surface area contributed by atoms with E-state index in [4.69, 9.17) is 0 Å². The van der Waals surface area contributed by atoms with Crippen LogP contribution in [-0.4, -0.2) is 23.0 Å². The molecule has 114 valence electrons. The lowest BCUT2D eigenvalue weighted by atomic mass is 10.1. The summed E-state index contributed by atoms with van der Waals surface area (Å²) in [6.07, 6.45) is 0.0405. The number of carbonyl (C=O) groups excluding carboxylic acids is 1. The number of benzene rings is 2. The molecule has 0 unspecified atom stereocenters. The second-order valence-electron chi connectivity index (χ2n) is 4.66. The fourth-order valence-electron chi connectivity index (χ4n) is 1.97. The lowest BCUT2D eigenvalue weighted by Crippen LogP contribution is -2.42. The molecule has 0 aliphatic heterocycles. The van der Waals surface area contributed by atoms with E-state index in [1.807, 2.05) is 0 Å². The molecule has 4 nitrogen and oxygen atoms in total. The molecule has 0 bridgehead atoms. The molecule has 6 heteroatoms. The molecule has 1 atom stereocenters. The van der Waals surface area contributed by atoms with Crippen LogP contribution in [0.15, 0.2) is 48.5 Å². The van der Waals surface area contributed by atoms with Gasteiger partial charge in [-0.2, -0.15) is 0 Å². The van der Waals surface area contributed by atoms with Gasteiger partial charge in [0.05, 0.1) is 5.56 Å². The maximum atomic E-state index is 13.5. The first-order valence-corrected chi connectivity index (χ1v) is 6.50. The molecular weight excluding hydrogens is 292 g/mol. The number of carbonyl (C=O) groups is 2. The Kier molecular flexibility index (Phi) is 4.83. The van der Waals surface area contributed by atoms with Gasteiger partial charge >= 0.3 is 5.97 Å². The molecule has 0 saturated carbocycles. The topological polar surface area (TPSA) is 66.4 Å². The molecule has 1 amide bonds. The van der Waals surface area contributed by atoms with Gasteiger partial charge in [0, 0.05) is 6.42 Å². The third-order valence-electron chi connectivity index (χ3n) is 3.08. The Balaban J connectivity index is 2.16. The van der Waals surface area contributed by atoms with Crippen molar-refractivity contribution in [1.29, 1.82) is 0 Å². The van der Waals surface area contributed by atoms with Crippen LogP contribution in [0.3, 0.4) is 0 Å². The molecule has 0 radical (unpaired) electrons. The van der Waals surface area contributed by atoms with Gasteiger partial charge in [-0.05, 0) is 17.7 Å². The van der Waals surface area contributed by atoms with E-state index in [-0.39, 0.29) is 6.42 Å². The lowest BCUT2D eigenvalue weighted by Gasteiger charge is -2.15. The highest BCUT2D eigenvalue weighted by Crippen LogP contribution is 2.12. The van der Waals surface area contributed by atoms with Crippen molar-refractivity contribution in [3.8, 4) is 0 Å². The summed E-state index contributed by atoms with van der Waals surface area (Å²) in [5, 5.41) is 11.4. The van der Waals surface area contributed by atoms with Crippen molar-refractivity contribution in [2.24, 2.45) is 0 Å². The lowest BCUT2D eigenvalue weighted by molar-refractivity contribution is -0.139. The zero-order valence-electron chi connectivity index (χ0n) is 11.4. The minimum Gasteiger partial charge on any atom is -0.480 e. The molecule has 0 aliphatic carbocycles. The first kappa shape index (κ1) is 15.6. The predicted molar refractivity (Wildman–Crippen MR) is 75.4 cm³/mol. The number of hydrogen-bond acceptors (Lipinski definition) is 2. The van der Waals surface area contributed by atoms with Crippen LogP contribution in [-0.2, 0) is 11.2 Å². The van der Waals surface area contributed by atoms with E-state index < -0.39 is 35.1 Å².